The molecule has 2 rings (SSSR count). The minimum absolute atomic E-state index is 0.147. The van der Waals surface area contributed by atoms with Crippen molar-refractivity contribution in [2.75, 3.05) is 12.3 Å². The third-order valence-electron chi connectivity index (χ3n) is 2.94. The summed E-state index contributed by atoms with van der Waals surface area (Å²) in [5.74, 6) is 0.397. The molecular weight excluding hydrogens is 242 g/mol. The first-order valence-electron chi connectivity index (χ1n) is 6.13. The Kier molecular flexibility index (Phi) is 3.85. The van der Waals surface area contributed by atoms with Crippen LogP contribution < -0.4 is 11.1 Å². The van der Waals surface area contributed by atoms with Crippen LogP contribution in [0.15, 0.2) is 28.8 Å². The van der Waals surface area contributed by atoms with Crippen LogP contribution in [0.25, 0.3) is 0 Å². The summed E-state index contributed by atoms with van der Waals surface area (Å²) in [6, 6.07) is 7.62. The van der Waals surface area contributed by atoms with Crippen LogP contribution in [0.1, 0.15) is 27.4 Å². The van der Waals surface area contributed by atoms with E-state index >= 15 is 0 Å². The highest BCUT2D eigenvalue weighted by molar-refractivity contribution is 5.96. The van der Waals surface area contributed by atoms with Gasteiger partial charge in [0.05, 0.1) is 5.69 Å². The Hall–Kier alpha value is -2.30. The average molecular weight is 259 g/mol. The second-order valence-corrected chi connectivity index (χ2v) is 4.45. The number of hydrogen-bond donors (Lipinski definition) is 2. The first-order chi connectivity index (χ1) is 9.08. The van der Waals surface area contributed by atoms with Crippen LogP contribution in [-0.4, -0.2) is 17.6 Å². The van der Waals surface area contributed by atoms with Crippen molar-refractivity contribution in [3.63, 3.8) is 0 Å². The van der Waals surface area contributed by atoms with Crippen LogP contribution in [0.2, 0.25) is 0 Å². The number of nitrogens with two attached hydrogens (primary N) is 1. The summed E-state index contributed by atoms with van der Waals surface area (Å²) in [7, 11) is 0. The maximum absolute atomic E-state index is 12.0. The van der Waals surface area contributed by atoms with Gasteiger partial charge in [0.1, 0.15) is 11.3 Å². The largest absolute Gasteiger partial charge is 0.399 e. The highest BCUT2D eigenvalue weighted by Crippen LogP contribution is 2.11. The number of carbonyl (C=O) groups is 1. The molecule has 0 atom stereocenters. The molecule has 0 radical (unpaired) electrons. The highest BCUT2D eigenvalue weighted by atomic mass is 16.5. The predicted octanol–water partition coefficient (Wildman–Crippen LogP) is 1.85. The smallest absolute Gasteiger partial charge is 0.256 e. The zero-order chi connectivity index (χ0) is 13.8. The molecule has 0 spiro atoms. The Balaban J connectivity index is 1.89. The van der Waals surface area contributed by atoms with Crippen molar-refractivity contribution in [3.05, 3.63) is 46.8 Å². The summed E-state index contributed by atoms with van der Waals surface area (Å²) in [5.41, 5.74) is 8.62. The number of amides is 1. The van der Waals surface area contributed by atoms with Crippen molar-refractivity contribution >= 4 is 11.6 Å². The van der Waals surface area contributed by atoms with Gasteiger partial charge >= 0.3 is 0 Å². The Bertz CT molecular complexity index is 553. The van der Waals surface area contributed by atoms with Crippen molar-refractivity contribution in [1.29, 1.82) is 0 Å². The number of nitrogen functional groups attached to an aromatic ring is 1. The lowest BCUT2D eigenvalue weighted by Crippen LogP contribution is -2.26. The van der Waals surface area contributed by atoms with Crippen molar-refractivity contribution in [2.45, 2.75) is 20.3 Å². The first kappa shape index (κ1) is 13.1. The van der Waals surface area contributed by atoms with Crippen molar-refractivity contribution < 1.29 is 9.32 Å². The summed E-state index contributed by atoms with van der Waals surface area (Å²) >= 11 is 0. The van der Waals surface area contributed by atoms with Gasteiger partial charge in [-0.15, -0.1) is 0 Å². The SMILES string of the molecule is Cc1noc(C)c1C(=O)NCCc1ccc(N)cc1. The van der Waals surface area contributed by atoms with E-state index in [9.17, 15) is 4.79 Å². The molecule has 3 N–H and O–H groups in total. The molecular formula is C14H17N3O2. The average Bonchev–Trinajstić information content (AvgIpc) is 2.71. The van der Waals surface area contributed by atoms with Crippen LogP contribution in [0.5, 0.6) is 0 Å². The minimum atomic E-state index is -0.147. The Morgan fingerprint density at radius 1 is 1.32 bits per heavy atom. The number of nitrogens with one attached hydrogen (secondary N) is 1. The number of rotatable bonds is 4. The Morgan fingerprint density at radius 2 is 2.00 bits per heavy atom. The van der Waals surface area contributed by atoms with Gasteiger partial charge in [-0.05, 0) is 38.0 Å². The number of anilines is 1. The van der Waals surface area contributed by atoms with E-state index < -0.39 is 0 Å². The molecule has 2 aromatic rings. The van der Waals surface area contributed by atoms with E-state index in [-0.39, 0.29) is 5.91 Å². The number of hydrogen-bond acceptors (Lipinski definition) is 4. The third-order valence-corrected chi connectivity index (χ3v) is 2.94. The maximum Gasteiger partial charge on any atom is 0.256 e. The molecule has 0 fully saturated rings. The molecule has 0 saturated carbocycles. The topological polar surface area (TPSA) is 81.2 Å². The quantitative estimate of drug-likeness (QED) is 0.821. The molecule has 0 saturated heterocycles. The molecule has 5 heteroatoms. The molecule has 0 unspecified atom stereocenters. The number of nitrogens with zero attached hydrogens (tertiary/aromatic N) is 1. The van der Waals surface area contributed by atoms with Crippen LogP contribution >= 0.6 is 0 Å². The molecule has 0 aliphatic carbocycles. The number of benzene rings is 1. The van der Waals surface area contributed by atoms with Gasteiger partial charge in [-0.25, -0.2) is 0 Å². The highest BCUT2D eigenvalue weighted by Gasteiger charge is 2.16. The lowest BCUT2D eigenvalue weighted by molar-refractivity contribution is 0.0952. The van der Waals surface area contributed by atoms with Crippen LogP contribution in [-0.2, 0) is 6.42 Å². The fraction of sp³-hybridized carbons (Fsp3) is 0.286. The molecule has 0 bridgehead atoms. The van der Waals surface area contributed by atoms with E-state index in [0.717, 1.165) is 17.7 Å². The Labute approximate surface area is 111 Å². The van der Waals surface area contributed by atoms with Gasteiger partial charge in [0.2, 0.25) is 0 Å². The monoisotopic (exact) mass is 259 g/mol. The zero-order valence-corrected chi connectivity index (χ0v) is 11.1. The lowest BCUT2D eigenvalue weighted by Gasteiger charge is -2.05. The van der Waals surface area contributed by atoms with Crippen LogP contribution in [0, 0.1) is 13.8 Å². The first-order valence-corrected chi connectivity index (χ1v) is 6.13. The van der Waals surface area contributed by atoms with E-state index in [1.165, 1.54) is 0 Å². The van der Waals surface area contributed by atoms with Gasteiger partial charge in [-0.3, -0.25) is 4.79 Å². The number of carbonyl (C=O) groups excluding carboxylic acids is 1. The molecule has 0 aliphatic heterocycles. The van der Waals surface area contributed by atoms with E-state index in [2.05, 4.69) is 10.5 Å². The molecule has 0 aliphatic rings. The minimum Gasteiger partial charge on any atom is -0.399 e. The number of aryl methyl sites for hydroxylation is 2. The summed E-state index contributed by atoms with van der Waals surface area (Å²) in [5, 5.41) is 6.62. The standard InChI is InChI=1S/C14H17N3O2/c1-9-13(10(2)19-17-9)14(18)16-8-7-11-3-5-12(15)6-4-11/h3-6H,7-8,15H2,1-2H3,(H,16,18). The summed E-state index contributed by atoms with van der Waals surface area (Å²) in [6.07, 6.45) is 0.759. The van der Waals surface area contributed by atoms with E-state index in [1.807, 2.05) is 24.3 Å². The summed E-state index contributed by atoms with van der Waals surface area (Å²) < 4.78 is 4.97. The molecule has 1 aromatic carbocycles. The van der Waals surface area contributed by atoms with Crippen molar-refractivity contribution in [2.24, 2.45) is 0 Å². The van der Waals surface area contributed by atoms with Crippen LogP contribution in [0.4, 0.5) is 5.69 Å². The van der Waals surface area contributed by atoms with Gasteiger partial charge in [0.25, 0.3) is 5.91 Å². The second-order valence-electron chi connectivity index (χ2n) is 4.45. The summed E-state index contributed by atoms with van der Waals surface area (Å²) in [6.45, 7) is 4.05. The number of aromatic nitrogens is 1. The lowest BCUT2D eigenvalue weighted by atomic mass is 10.1. The summed E-state index contributed by atoms with van der Waals surface area (Å²) in [4.78, 5) is 12.0. The second kappa shape index (κ2) is 5.56. The van der Waals surface area contributed by atoms with Crippen molar-refractivity contribution in [1.82, 2.24) is 10.5 Å². The fourth-order valence-electron chi connectivity index (χ4n) is 1.90. The van der Waals surface area contributed by atoms with E-state index in [1.54, 1.807) is 13.8 Å². The van der Waals surface area contributed by atoms with Gasteiger partial charge in [-0.1, -0.05) is 17.3 Å². The van der Waals surface area contributed by atoms with Gasteiger partial charge in [-0.2, -0.15) is 0 Å². The molecule has 100 valence electrons. The molecule has 1 amide bonds. The zero-order valence-electron chi connectivity index (χ0n) is 11.1. The molecule has 19 heavy (non-hydrogen) atoms. The normalized spacial score (nSPS) is 10.4. The molecule has 5 nitrogen and oxygen atoms in total. The molecule has 1 aromatic heterocycles. The predicted molar refractivity (Wildman–Crippen MR) is 72.9 cm³/mol. The third kappa shape index (κ3) is 3.13. The van der Waals surface area contributed by atoms with Gasteiger partial charge in [0, 0.05) is 12.2 Å². The fourth-order valence-corrected chi connectivity index (χ4v) is 1.90. The van der Waals surface area contributed by atoms with Gasteiger partial charge in [0.15, 0.2) is 0 Å². The Morgan fingerprint density at radius 3 is 2.58 bits per heavy atom. The van der Waals surface area contributed by atoms with E-state index in [0.29, 0.717) is 23.6 Å². The van der Waals surface area contributed by atoms with E-state index in [4.69, 9.17) is 10.3 Å². The maximum atomic E-state index is 12.0. The van der Waals surface area contributed by atoms with Gasteiger partial charge < -0.3 is 15.6 Å². The van der Waals surface area contributed by atoms with Crippen molar-refractivity contribution in [3.8, 4) is 0 Å². The molecule has 1 heterocycles. The van der Waals surface area contributed by atoms with Crippen LogP contribution in [0.3, 0.4) is 0 Å².